The van der Waals surface area contributed by atoms with E-state index in [9.17, 15) is 0 Å². The molecule has 0 aliphatic heterocycles. The van der Waals surface area contributed by atoms with Crippen molar-refractivity contribution in [3.8, 4) is 0 Å². The van der Waals surface area contributed by atoms with E-state index in [1.54, 1.807) is 0 Å². The zero-order valence-corrected chi connectivity index (χ0v) is 11.6. The maximum atomic E-state index is 5.77. The molecule has 3 heteroatoms. The van der Waals surface area contributed by atoms with Crippen molar-refractivity contribution in [3.05, 3.63) is 48.5 Å². The summed E-state index contributed by atoms with van der Waals surface area (Å²) >= 11 is 0. The number of nitrogen functional groups attached to an aromatic ring is 1. The molecule has 3 nitrogen and oxygen atoms in total. The summed E-state index contributed by atoms with van der Waals surface area (Å²) < 4.78 is 0. The van der Waals surface area contributed by atoms with Crippen LogP contribution in [0.15, 0.2) is 48.5 Å². The van der Waals surface area contributed by atoms with Crippen molar-refractivity contribution in [2.45, 2.75) is 13.8 Å². The van der Waals surface area contributed by atoms with Gasteiger partial charge in [0.05, 0.1) is 0 Å². The second-order valence-corrected chi connectivity index (χ2v) is 4.47. The van der Waals surface area contributed by atoms with E-state index in [1.807, 2.05) is 24.3 Å². The number of benzene rings is 2. The molecule has 0 aliphatic rings. The maximum absolute atomic E-state index is 5.77. The minimum absolute atomic E-state index is 0.768. The van der Waals surface area contributed by atoms with Gasteiger partial charge in [0.15, 0.2) is 0 Å². The molecule has 19 heavy (non-hydrogen) atoms. The van der Waals surface area contributed by atoms with Crippen molar-refractivity contribution >= 4 is 22.7 Å². The van der Waals surface area contributed by atoms with Gasteiger partial charge < -0.3 is 16.0 Å². The smallest absolute Gasteiger partial charge is 0.0404 e. The van der Waals surface area contributed by atoms with Gasteiger partial charge in [0.2, 0.25) is 0 Å². The number of nitrogens with two attached hydrogens (primary N) is 1. The Morgan fingerprint density at radius 1 is 0.947 bits per heavy atom. The predicted molar refractivity (Wildman–Crippen MR) is 84.1 cm³/mol. The fourth-order valence-corrected chi connectivity index (χ4v) is 2.13. The minimum atomic E-state index is 0.768. The first-order valence-corrected chi connectivity index (χ1v) is 6.70. The normalized spacial score (nSPS) is 10.2. The van der Waals surface area contributed by atoms with Crippen LogP contribution in [0.4, 0.5) is 22.7 Å². The van der Waals surface area contributed by atoms with Gasteiger partial charge in [0.1, 0.15) is 0 Å². The van der Waals surface area contributed by atoms with Gasteiger partial charge in [0, 0.05) is 35.8 Å². The summed E-state index contributed by atoms with van der Waals surface area (Å²) in [5.41, 5.74) is 9.87. The van der Waals surface area contributed by atoms with Crippen LogP contribution in [0.5, 0.6) is 0 Å². The Bertz CT molecular complexity index is 516. The van der Waals surface area contributed by atoms with Gasteiger partial charge >= 0.3 is 0 Å². The van der Waals surface area contributed by atoms with Crippen LogP contribution >= 0.6 is 0 Å². The third-order valence-electron chi connectivity index (χ3n) is 3.17. The van der Waals surface area contributed by atoms with E-state index in [2.05, 4.69) is 48.3 Å². The van der Waals surface area contributed by atoms with E-state index in [1.165, 1.54) is 5.69 Å². The molecular weight excluding hydrogens is 234 g/mol. The van der Waals surface area contributed by atoms with E-state index in [4.69, 9.17) is 5.73 Å². The number of nitrogens with zero attached hydrogens (tertiary/aromatic N) is 1. The summed E-state index contributed by atoms with van der Waals surface area (Å²) in [6.07, 6.45) is 0. The van der Waals surface area contributed by atoms with E-state index in [-0.39, 0.29) is 0 Å². The number of hydrogen-bond donors (Lipinski definition) is 2. The van der Waals surface area contributed by atoms with Crippen LogP contribution in [-0.2, 0) is 0 Å². The molecule has 0 atom stereocenters. The van der Waals surface area contributed by atoms with Crippen molar-refractivity contribution in [3.63, 3.8) is 0 Å². The highest BCUT2D eigenvalue weighted by atomic mass is 15.1. The zero-order chi connectivity index (χ0) is 13.7. The molecule has 0 bridgehead atoms. The first-order chi connectivity index (χ1) is 9.22. The summed E-state index contributed by atoms with van der Waals surface area (Å²) in [6.45, 7) is 6.39. The number of anilines is 4. The second kappa shape index (κ2) is 6.14. The Hall–Kier alpha value is -2.16. The van der Waals surface area contributed by atoms with E-state index in [0.29, 0.717) is 0 Å². The molecule has 0 saturated heterocycles. The standard InChI is InChI=1S/C16H21N3/c1-3-19(4-2)16-10-8-14(9-11-16)18-15-7-5-6-13(17)12-15/h5-12,18H,3-4,17H2,1-2H3. The molecule has 0 amide bonds. The highest BCUT2D eigenvalue weighted by Crippen LogP contribution is 2.22. The summed E-state index contributed by atoms with van der Waals surface area (Å²) in [5.74, 6) is 0. The third kappa shape index (κ3) is 3.41. The summed E-state index contributed by atoms with van der Waals surface area (Å²) in [4.78, 5) is 2.32. The molecule has 0 spiro atoms. The highest BCUT2D eigenvalue weighted by Gasteiger charge is 2.01. The lowest BCUT2D eigenvalue weighted by Gasteiger charge is -2.21. The number of rotatable bonds is 5. The average Bonchev–Trinajstić information content (AvgIpc) is 2.42. The molecular formula is C16H21N3. The second-order valence-electron chi connectivity index (χ2n) is 4.47. The van der Waals surface area contributed by atoms with Gasteiger partial charge in [-0.25, -0.2) is 0 Å². The molecule has 0 heterocycles. The minimum Gasteiger partial charge on any atom is -0.399 e. The summed E-state index contributed by atoms with van der Waals surface area (Å²) in [5, 5.41) is 3.35. The lowest BCUT2D eigenvalue weighted by atomic mass is 10.2. The van der Waals surface area contributed by atoms with Gasteiger partial charge in [-0.2, -0.15) is 0 Å². The largest absolute Gasteiger partial charge is 0.399 e. The Morgan fingerprint density at radius 2 is 1.63 bits per heavy atom. The van der Waals surface area contributed by atoms with E-state index < -0.39 is 0 Å². The molecule has 0 radical (unpaired) electrons. The molecule has 0 aromatic heterocycles. The fraction of sp³-hybridized carbons (Fsp3) is 0.250. The topological polar surface area (TPSA) is 41.3 Å². The van der Waals surface area contributed by atoms with Crippen LogP contribution in [0.25, 0.3) is 0 Å². The van der Waals surface area contributed by atoms with Crippen molar-refractivity contribution < 1.29 is 0 Å². The first kappa shape index (κ1) is 13.3. The monoisotopic (exact) mass is 255 g/mol. The Morgan fingerprint density at radius 3 is 2.21 bits per heavy atom. The first-order valence-electron chi connectivity index (χ1n) is 6.70. The van der Waals surface area contributed by atoms with Gasteiger partial charge in [-0.1, -0.05) is 6.07 Å². The molecule has 0 aliphatic carbocycles. The van der Waals surface area contributed by atoms with Gasteiger partial charge in [-0.3, -0.25) is 0 Å². The van der Waals surface area contributed by atoms with Crippen LogP contribution in [0, 0.1) is 0 Å². The predicted octanol–water partition coefficient (Wildman–Crippen LogP) is 3.86. The number of hydrogen-bond acceptors (Lipinski definition) is 3. The van der Waals surface area contributed by atoms with Crippen LogP contribution in [0.1, 0.15) is 13.8 Å². The zero-order valence-electron chi connectivity index (χ0n) is 11.6. The molecule has 0 unspecified atom stereocenters. The summed E-state index contributed by atoms with van der Waals surface area (Å²) in [7, 11) is 0. The van der Waals surface area contributed by atoms with Gasteiger partial charge in [-0.05, 0) is 56.3 Å². The lowest BCUT2D eigenvalue weighted by molar-refractivity contribution is 0.866. The molecule has 0 saturated carbocycles. The quantitative estimate of drug-likeness (QED) is 0.797. The Labute approximate surface area is 115 Å². The van der Waals surface area contributed by atoms with Gasteiger partial charge in [0.25, 0.3) is 0 Å². The molecule has 100 valence electrons. The van der Waals surface area contributed by atoms with Crippen molar-refractivity contribution in [1.82, 2.24) is 0 Å². The van der Waals surface area contributed by atoms with Crippen molar-refractivity contribution in [2.24, 2.45) is 0 Å². The van der Waals surface area contributed by atoms with Crippen molar-refractivity contribution in [2.75, 3.05) is 29.0 Å². The molecule has 2 rings (SSSR count). The average molecular weight is 255 g/mol. The van der Waals surface area contributed by atoms with E-state index in [0.717, 1.165) is 30.2 Å². The Balaban J connectivity index is 2.10. The number of nitrogens with one attached hydrogen (secondary N) is 1. The molecule has 0 fully saturated rings. The van der Waals surface area contributed by atoms with Crippen LogP contribution < -0.4 is 16.0 Å². The maximum Gasteiger partial charge on any atom is 0.0404 e. The van der Waals surface area contributed by atoms with Gasteiger partial charge in [-0.15, -0.1) is 0 Å². The van der Waals surface area contributed by atoms with Crippen LogP contribution in [0.3, 0.4) is 0 Å². The summed E-state index contributed by atoms with van der Waals surface area (Å²) in [6, 6.07) is 16.2. The highest BCUT2D eigenvalue weighted by molar-refractivity contribution is 5.65. The van der Waals surface area contributed by atoms with Crippen molar-refractivity contribution in [1.29, 1.82) is 0 Å². The van der Waals surface area contributed by atoms with E-state index >= 15 is 0 Å². The Kier molecular flexibility index (Phi) is 4.29. The van der Waals surface area contributed by atoms with Crippen LogP contribution in [0.2, 0.25) is 0 Å². The third-order valence-corrected chi connectivity index (χ3v) is 3.17. The SMILES string of the molecule is CCN(CC)c1ccc(Nc2cccc(N)c2)cc1. The lowest BCUT2D eigenvalue weighted by Crippen LogP contribution is -2.21. The van der Waals surface area contributed by atoms with Crippen LogP contribution in [-0.4, -0.2) is 13.1 Å². The fourth-order valence-electron chi connectivity index (χ4n) is 2.13. The molecule has 2 aromatic carbocycles. The molecule has 2 aromatic rings. The molecule has 3 N–H and O–H groups in total.